The maximum Gasteiger partial charge on any atom is 0.373 e. The first-order valence-corrected chi connectivity index (χ1v) is 5.64. The zero-order chi connectivity index (χ0) is 12.8. The molecule has 0 bridgehead atoms. The zero-order valence-electron chi connectivity index (χ0n) is 10.4. The lowest BCUT2D eigenvalue weighted by atomic mass is 10.2. The van der Waals surface area contributed by atoms with Crippen LogP contribution in [-0.2, 0) is 4.74 Å². The Labute approximate surface area is 101 Å². The number of methoxy groups -OCH3 is 1. The van der Waals surface area contributed by atoms with E-state index in [4.69, 9.17) is 9.52 Å². The first kappa shape index (κ1) is 13.7. The third-order valence-electron chi connectivity index (χ3n) is 2.45. The maximum absolute atomic E-state index is 11.2. The average molecular weight is 241 g/mol. The van der Waals surface area contributed by atoms with Crippen molar-refractivity contribution >= 4 is 5.97 Å². The molecule has 0 saturated heterocycles. The molecular formula is C12H19NO4. The Hall–Kier alpha value is -1.33. The summed E-state index contributed by atoms with van der Waals surface area (Å²) in [6.45, 7) is 4.36. The van der Waals surface area contributed by atoms with Crippen molar-refractivity contribution in [3.8, 4) is 0 Å². The molecule has 1 heterocycles. The van der Waals surface area contributed by atoms with Crippen molar-refractivity contribution in [2.75, 3.05) is 13.7 Å². The predicted octanol–water partition coefficient (Wildman–Crippen LogP) is 1.49. The van der Waals surface area contributed by atoms with Gasteiger partial charge in [0.15, 0.2) is 0 Å². The lowest BCUT2D eigenvalue weighted by Crippen LogP contribution is -2.22. The summed E-state index contributed by atoms with van der Waals surface area (Å²) in [5.74, 6) is 0.398. The van der Waals surface area contributed by atoms with Crippen LogP contribution in [0.15, 0.2) is 16.5 Å². The van der Waals surface area contributed by atoms with E-state index in [9.17, 15) is 4.79 Å². The number of hydrogen-bond acceptors (Lipinski definition) is 5. The number of aliphatic hydroxyl groups excluding tert-OH is 1. The van der Waals surface area contributed by atoms with Gasteiger partial charge in [-0.15, -0.1) is 0 Å². The van der Waals surface area contributed by atoms with Crippen molar-refractivity contribution in [3.05, 3.63) is 23.7 Å². The number of ether oxygens (including phenoxy) is 1. The highest BCUT2D eigenvalue weighted by molar-refractivity contribution is 5.86. The van der Waals surface area contributed by atoms with Crippen LogP contribution in [-0.4, -0.2) is 30.8 Å². The van der Waals surface area contributed by atoms with Crippen molar-refractivity contribution in [2.24, 2.45) is 0 Å². The molecule has 0 radical (unpaired) electrons. The number of hydrogen-bond donors (Lipinski definition) is 2. The van der Waals surface area contributed by atoms with Gasteiger partial charge in [-0.2, -0.15) is 0 Å². The van der Waals surface area contributed by atoms with Crippen LogP contribution in [0.3, 0.4) is 0 Å². The van der Waals surface area contributed by atoms with Gasteiger partial charge in [-0.1, -0.05) is 0 Å². The van der Waals surface area contributed by atoms with Crippen molar-refractivity contribution < 1.29 is 19.1 Å². The van der Waals surface area contributed by atoms with Crippen LogP contribution < -0.4 is 5.32 Å². The fourth-order valence-corrected chi connectivity index (χ4v) is 1.41. The summed E-state index contributed by atoms with van der Waals surface area (Å²) in [5, 5.41) is 12.3. The average Bonchev–Trinajstić information content (AvgIpc) is 2.76. The van der Waals surface area contributed by atoms with E-state index >= 15 is 0 Å². The minimum Gasteiger partial charge on any atom is -0.463 e. The number of aliphatic hydroxyl groups is 1. The summed E-state index contributed by atoms with van der Waals surface area (Å²) < 4.78 is 9.91. The van der Waals surface area contributed by atoms with Crippen LogP contribution in [0.2, 0.25) is 0 Å². The third-order valence-corrected chi connectivity index (χ3v) is 2.45. The number of rotatable bonds is 6. The molecule has 96 valence electrons. The van der Waals surface area contributed by atoms with Gasteiger partial charge in [0, 0.05) is 0 Å². The van der Waals surface area contributed by atoms with Gasteiger partial charge in [0.1, 0.15) is 5.76 Å². The van der Waals surface area contributed by atoms with Gasteiger partial charge in [0.2, 0.25) is 5.76 Å². The Morgan fingerprint density at radius 2 is 2.24 bits per heavy atom. The maximum atomic E-state index is 11.2. The Bertz CT molecular complexity index is 359. The van der Waals surface area contributed by atoms with Crippen LogP contribution in [0.25, 0.3) is 0 Å². The molecule has 0 aliphatic heterocycles. The highest BCUT2D eigenvalue weighted by Crippen LogP contribution is 2.16. The third kappa shape index (κ3) is 4.20. The van der Waals surface area contributed by atoms with Crippen molar-refractivity contribution in [1.29, 1.82) is 0 Å². The van der Waals surface area contributed by atoms with E-state index in [1.54, 1.807) is 19.1 Å². The van der Waals surface area contributed by atoms with E-state index in [2.05, 4.69) is 10.1 Å². The molecule has 1 aromatic rings. The van der Waals surface area contributed by atoms with Crippen molar-refractivity contribution in [1.82, 2.24) is 5.32 Å². The topological polar surface area (TPSA) is 71.7 Å². The number of carbonyl (C=O) groups is 1. The SMILES string of the molecule is COC(=O)c1ccc(C(C)NCCC(C)O)o1. The summed E-state index contributed by atoms with van der Waals surface area (Å²) in [7, 11) is 1.31. The molecule has 0 aromatic carbocycles. The fraction of sp³-hybridized carbons (Fsp3) is 0.583. The molecule has 1 rings (SSSR count). The second-order valence-corrected chi connectivity index (χ2v) is 4.01. The van der Waals surface area contributed by atoms with Crippen molar-refractivity contribution in [3.63, 3.8) is 0 Å². The summed E-state index contributed by atoms with van der Waals surface area (Å²) in [4.78, 5) is 11.2. The van der Waals surface area contributed by atoms with Crippen LogP contribution >= 0.6 is 0 Å². The number of nitrogens with one attached hydrogen (secondary N) is 1. The Kier molecular flexibility index (Phi) is 5.18. The summed E-state index contributed by atoms with van der Waals surface area (Å²) in [5.41, 5.74) is 0. The largest absolute Gasteiger partial charge is 0.463 e. The molecule has 0 amide bonds. The van der Waals surface area contributed by atoms with Crippen LogP contribution in [0.5, 0.6) is 0 Å². The highest BCUT2D eigenvalue weighted by atomic mass is 16.5. The Balaban J connectivity index is 2.49. The van der Waals surface area contributed by atoms with Gasteiger partial charge in [-0.3, -0.25) is 0 Å². The summed E-state index contributed by atoms with van der Waals surface area (Å²) >= 11 is 0. The smallest absolute Gasteiger partial charge is 0.373 e. The molecular weight excluding hydrogens is 222 g/mol. The first-order chi connectivity index (χ1) is 8.04. The second kappa shape index (κ2) is 6.42. The number of carbonyl (C=O) groups excluding carboxylic acids is 1. The van der Waals surface area contributed by atoms with Crippen LogP contribution in [0.1, 0.15) is 42.6 Å². The number of esters is 1. The number of furan rings is 1. The van der Waals surface area contributed by atoms with E-state index in [-0.39, 0.29) is 17.9 Å². The lowest BCUT2D eigenvalue weighted by Gasteiger charge is -2.11. The van der Waals surface area contributed by atoms with Gasteiger partial charge in [0.25, 0.3) is 0 Å². The van der Waals surface area contributed by atoms with Crippen LogP contribution in [0, 0.1) is 0 Å². The minimum absolute atomic E-state index is 0.00726. The fourth-order valence-electron chi connectivity index (χ4n) is 1.41. The Morgan fingerprint density at radius 3 is 2.82 bits per heavy atom. The lowest BCUT2D eigenvalue weighted by molar-refractivity contribution is 0.0562. The van der Waals surface area contributed by atoms with E-state index in [0.717, 1.165) is 0 Å². The van der Waals surface area contributed by atoms with Crippen molar-refractivity contribution in [2.45, 2.75) is 32.4 Å². The molecule has 0 aliphatic rings. The van der Waals surface area contributed by atoms with E-state index in [1.165, 1.54) is 7.11 Å². The standard InChI is InChI=1S/C12H19NO4/c1-8(14)6-7-13-9(2)10-4-5-11(17-10)12(15)16-3/h4-5,8-9,13-14H,6-7H2,1-3H3. The van der Waals surface area contributed by atoms with Gasteiger partial charge in [-0.05, 0) is 38.9 Å². The summed E-state index contributed by atoms with van der Waals surface area (Å²) in [6.07, 6.45) is 0.353. The molecule has 2 unspecified atom stereocenters. The monoisotopic (exact) mass is 241 g/mol. The molecule has 0 aliphatic carbocycles. The Morgan fingerprint density at radius 1 is 1.53 bits per heavy atom. The van der Waals surface area contributed by atoms with E-state index < -0.39 is 5.97 Å². The normalized spacial score (nSPS) is 14.4. The molecule has 17 heavy (non-hydrogen) atoms. The predicted molar refractivity (Wildman–Crippen MR) is 62.8 cm³/mol. The second-order valence-electron chi connectivity index (χ2n) is 4.01. The molecule has 0 spiro atoms. The van der Waals surface area contributed by atoms with E-state index in [0.29, 0.717) is 18.7 Å². The molecule has 1 aromatic heterocycles. The molecule has 0 fully saturated rings. The molecule has 5 heteroatoms. The minimum atomic E-state index is -0.479. The van der Waals surface area contributed by atoms with Gasteiger partial charge in [0.05, 0.1) is 19.3 Å². The molecule has 2 atom stereocenters. The van der Waals surface area contributed by atoms with E-state index in [1.807, 2.05) is 6.92 Å². The highest BCUT2D eigenvalue weighted by Gasteiger charge is 2.14. The summed E-state index contributed by atoms with van der Waals surface area (Å²) in [6, 6.07) is 3.33. The first-order valence-electron chi connectivity index (χ1n) is 5.64. The zero-order valence-corrected chi connectivity index (χ0v) is 10.4. The molecule has 5 nitrogen and oxygen atoms in total. The quantitative estimate of drug-likeness (QED) is 0.738. The van der Waals surface area contributed by atoms with Gasteiger partial charge >= 0.3 is 5.97 Å². The van der Waals surface area contributed by atoms with Crippen LogP contribution in [0.4, 0.5) is 0 Å². The molecule has 2 N–H and O–H groups in total. The van der Waals surface area contributed by atoms with Gasteiger partial charge < -0.3 is 19.6 Å². The van der Waals surface area contributed by atoms with Gasteiger partial charge in [-0.25, -0.2) is 4.79 Å². The molecule has 0 saturated carbocycles.